The highest BCUT2D eigenvalue weighted by molar-refractivity contribution is 7.91. The van der Waals surface area contributed by atoms with Crippen LogP contribution in [-0.4, -0.2) is 25.7 Å². The summed E-state index contributed by atoms with van der Waals surface area (Å²) in [5.74, 6) is -0.0592. The molecule has 0 saturated carbocycles. The number of carbonyl (C=O) groups excluding carboxylic acids is 1. The molecule has 0 spiro atoms. The predicted octanol–water partition coefficient (Wildman–Crippen LogP) is 1.21. The van der Waals surface area contributed by atoms with Crippen LogP contribution in [0, 0.1) is 0 Å². The van der Waals surface area contributed by atoms with Gasteiger partial charge in [-0.15, -0.1) is 0 Å². The molecule has 1 aromatic rings. The SMILES string of the molecule is CCS(=O)(=O)CCC(=O)Cc1cccc(N)c1. The number of benzene rings is 1. The minimum Gasteiger partial charge on any atom is -0.399 e. The summed E-state index contributed by atoms with van der Waals surface area (Å²) in [7, 11) is -3.06. The van der Waals surface area contributed by atoms with Gasteiger partial charge in [-0.3, -0.25) is 4.79 Å². The van der Waals surface area contributed by atoms with E-state index in [1.807, 2.05) is 6.07 Å². The van der Waals surface area contributed by atoms with Gasteiger partial charge in [0.25, 0.3) is 0 Å². The van der Waals surface area contributed by atoms with Crippen molar-refractivity contribution in [2.24, 2.45) is 0 Å². The third-order valence-corrected chi connectivity index (χ3v) is 4.19. The fraction of sp³-hybridized carbons (Fsp3) is 0.417. The molecule has 0 amide bonds. The lowest BCUT2D eigenvalue weighted by Crippen LogP contribution is -2.14. The zero-order valence-electron chi connectivity index (χ0n) is 9.85. The highest BCUT2D eigenvalue weighted by Crippen LogP contribution is 2.08. The number of carbonyl (C=O) groups is 1. The Morgan fingerprint density at radius 1 is 1.35 bits per heavy atom. The van der Waals surface area contributed by atoms with E-state index >= 15 is 0 Å². The summed E-state index contributed by atoms with van der Waals surface area (Å²) in [5, 5.41) is 0. The summed E-state index contributed by atoms with van der Waals surface area (Å²) in [4.78, 5) is 11.6. The number of ketones is 1. The van der Waals surface area contributed by atoms with Gasteiger partial charge in [-0.25, -0.2) is 8.42 Å². The Labute approximate surface area is 102 Å². The second-order valence-corrected chi connectivity index (χ2v) is 6.42. The first kappa shape index (κ1) is 13.7. The molecule has 0 bridgehead atoms. The maximum Gasteiger partial charge on any atom is 0.150 e. The number of Topliss-reactive ketones (excluding diaryl/α,β-unsaturated/α-hetero) is 1. The lowest BCUT2D eigenvalue weighted by Gasteiger charge is -2.03. The van der Waals surface area contributed by atoms with Crippen LogP contribution in [0.1, 0.15) is 18.9 Å². The van der Waals surface area contributed by atoms with Gasteiger partial charge in [0.1, 0.15) is 15.6 Å². The Balaban J connectivity index is 2.51. The fourth-order valence-corrected chi connectivity index (χ4v) is 2.26. The average molecular weight is 255 g/mol. The third-order valence-electron chi connectivity index (χ3n) is 2.48. The fourth-order valence-electron chi connectivity index (χ4n) is 1.43. The topological polar surface area (TPSA) is 77.2 Å². The second kappa shape index (κ2) is 5.82. The summed E-state index contributed by atoms with van der Waals surface area (Å²) in [5.41, 5.74) is 7.02. The van der Waals surface area contributed by atoms with Gasteiger partial charge in [0.15, 0.2) is 0 Å². The molecular formula is C12H17NO3S. The van der Waals surface area contributed by atoms with Gasteiger partial charge >= 0.3 is 0 Å². The molecule has 0 atom stereocenters. The van der Waals surface area contributed by atoms with Crippen LogP contribution in [-0.2, 0) is 21.1 Å². The molecule has 0 saturated heterocycles. The van der Waals surface area contributed by atoms with Crippen LogP contribution in [0.5, 0.6) is 0 Å². The van der Waals surface area contributed by atoms with Crippen molar-refractivity contribution in [1.29, 1.82) is 0 Å². The molecule has 0 aromatic heterocycles. The van der Waals surface area contributed by atoms with Gasteiger partial charge in [-0.2, -0.15) is 0 Å². The van der Waals surface area contributed by atoms with E-state index in [4.69, 9.17) is 5.73 Å². The highest BCUT2D eigenvalue weighted by Gasteiger charge is 2.11. The molecule has 0 unspecified atom stereocenters. The Kier molecular flexibility index (Phi) is 4.69. The molecule has 4 nitrogen and oxygen atoms in total. The zero-order chi connectivity index (χ0) is 12.9. The van der Waals surface area contributed by atoms with Gasteiger partial charge in [0.05, 0.1) is 5.75 Å². The van der Waals surface area contributed by atoms with Crippen molar-refractivity contribution in [1.82, 2.24) is 0 Å². The van der Waals surface area contributed by atoms with Crippen molar-refractivity contribution < 1.29 is 13.2 Å². The average Bonchev–Trinajstić information content (AvgIpc) is 2.27. The molecule has 2 N–H and O–H groups in total. The van der Waals surface area contributed by atoms with Gasteiger partial charge < -0.3 is 5.73 Å². The minimum absolute atomic E-state index is 0.0648. The van der Waals surface area contributed by atoms with E-state index < -0.39 is 9.84 Å². The lowest BCUT2D eigenvalue weighted by molar-refractivity contribution is -0.118. The van der Waals surface area contributed by atoms with Gasteiger partial charge in [-0.05, 0) is 17.7 Å². The molecule has 5 heteroatoms. The third kappa shape index (κ3) is 4.99. The Bertz CT molecular complexity index is 494. The minimum atomic E-state index is -3.06. The number of anilines is 1. The van der Waals surface area contributed by atoms with Gasteiger partial charge in [-0.1, -0.05) is 19.1 Å². The number of rotatable bonds is 6. The predicted molar refractivity (Wildman–Crippen MR) is 68.5 cm³/mol. The van der Waals surface area contributed by atoms with E-state index in [1.165, 1.54) is 0 Å². The largest absolute Gasteiger partial charge is 0.399 e. The van der Waals surface area contributed by atoms with Crippen LogP contribution < -0.4 is 5.73 Å². The van der Waals surface area contributed by atoms with E-state index in [0.717, 1.165) is 5.56 Å². The molecular weight excluding hydrogens is 238 g/mol. The monoisotopic (exact) mass is 255 g/mol. The van der Waals surface area contributed by atoms with Crippen molar-refractivity contribution in [3.05, 3.63) is 29.8 Å². The maximum absolute atomic E-state index is 11.6. The smallest absolute Gasteiger partial charge is 0.150 e. The van der Waals surface area contributed by atoms with Crippen LogP contribution in [0.2, 0.25) is 0 Å². The number of nitrogen functional groups attached to an aromatic ring is 1. The number of hydrogen-bond donors (Lipinski definition) is 1. The summed E-state index contributed by atoms with van der Waals surface area (Å²) in [6.45, 7) is 1.58. The molecule has 94 valence electrons. The van der Waals surface area contributed by atoms with Crippen molar-refractivity contribution >= 4 is 21.3 Å². The lowest BCUT2D eigenvalue weighted by atomic mass is 10.1. The van der Waals surface area contributed by atoms with Crippen molar-refractivity contribution in [3.8, 4) is 0 Å². The summed E-state index contributed by atoms with van der Waals surface area (Å²) >= 11 is 0. The van der Waals surface area contributed by atoms with Crippen molar-refractivity contribution in [2.45, 2.75) is 19.8 Å². The normalized spacial score (nSPS) is 11.4. The Morgan fingerprint density at radius 3 is 2.65 bits per heavy atom. The molecule has 0 aliphatic heterocycles. The molecule has 17 heavy (non-hydrogen) atoms. The summed E-state index contributed by atoms with van der Waals surface area (Å²) in [6.07, 6.45) is 0.315. The molecule has 1 rings (SSSR count). The summed E-state index contributed by atoms with van der Waals surface area (Å²) in [6, 6.07) is 7.06. The van der Waals surface area contributed by atoms with Gasteiger partial charge in [0.2, 0.25) is 0 Å². The van der Waals surface area contributed by atoms with E-state index in [2.05, 4.69) is 0 Å². The standard InChI is InChI=1S/C12H17NO3S/c1-2-17(15,16)7-6-12(14)9-10-4-3-5-11(13)8-10/h3-5,8H,2,6-7,9,13H2,1H3. The van der Waals surface area contributed by atoms with Crippen LogP contribution in [0.25, 0.3) is 0 Å². The van der Waals surface area contributed by atoms with E-state index in [1.54, 1.807) is 25.1 Å². The Morgan fingerprint density at radius 2 is 2.06 bits per heavy atom. The first-order chi connectivity index (χ1) is 7.93. The first-order valence-corrected chi connectivity index (χ1v) is 7.31. The highest BCUT2D eigenvalue weighted by atomic mass is 32.2. The van der Waals surface area contributed by atoms with Crippen LogP contribution in [0.4, 0.5) is 5.69 Å². The van der Waals surface area contributed by atoms with E-state index in [9.17, 15) is 13.2 Å². The second-order valence-electron chi connectivity index (χ2n) is 3.95. The number of hydrogen-bond acceptors (Lipinski definition) is 4. The number of sulfone groups is 1. The van der Waals surface area contributed by atoms with Crippen LogP contribution in [0.15, 0.2) is 24.3 Å². The number of nitrogens with two attached hydrogens (primary N) is 1. The van der Waals surface area contributed by atoms with Crippen LogP contribution in [0.3, 0.4) is 0 Å². The molecule has 0 aliphatic rings. The molecule has 1 aromatic carbocycles. The van der Waals surface area contributed by atoms with Gasteiger partial charge in [0, 0.05) is 24.3 Å². The van der Waals surface area contributed by atoms with Crippen LogP contribution >= 0.6 is 0 Å². The molecule has 0 aliphatic carbocycles. The van der Waals surface area contributed by atoms with E-state index in [-0.39, 0.29) is 30.1 Å². The van der Waals surface area contributed by atoms with E-state index in [0.29, 0.717) is 5.69 Å². The Hall–Kier alpha value is -1.36. The first-order valence-electron chi connectivity index (χ1n) is 5.49. The summed E-state index contributed by atoms with van der Waals surface area (Å²) < 4.78 is 22.5. The quantitative estimate of drug-likeness (QED) is 0.775. The zero-order valence-corrected chi connectivity index (χ0v) is 10.7. The molecule has 0 heterocycles. The molecule has 0 radical (unpaired) electrons. The van der Waals surface area contributed by atoms with Crippen molar-refractivity contribution in [3.63, 3.8) is 0 Å². The maximum atomic E-state index is 11.6. The molecule has 0 fully saturated rings. The van der Waals surface area contributed by atoms with Crippen molar-refractivity contribution in [2.75, 3.05) is 17.2 Å².